The zero-order valence-electron chi connectivity index (χ0n) is 18.9. The van der Waals surface area contributed by atoms with Gasteiger partial charge in [-0.2, -0.15) is 9.40 Å². The maximum absolute atomic E-state index is 13.0. The van der Waals surface area contributed by atoms with Gasteiger partial charge >= 0.3 is 0 Å². The van der Waals surface area contributed by atoms with E-state index in [1.807, 2.05) is 41.2 Å². The SMILES string of the molecule is CN(C1CCCCC1)S(=O)(=O)c1ccc(C(=O)NCc2cccc(Cn3cccn3)c2)cc1. The molecule has 0 spiro atoms. The monoisotopic (exact) mass is 466 g/mol. The number of nitrogens with one attached hydrogen (secondary N) is 1. The molecular formula is C25H30N4O3S. The van der Waals surface area contributed by atoms with E-state index in [1.54, 1.807) is 25.4 Å². The first-order valence-corrected chi connectivity index (χ1v) is 12.8. The van der Waals surface area contributed by atoms with Gasteiger partial charge in [0.15, 0.2) is 0 Å². The van der Waals surface area contributed by atoms with E-state index in [9.17, 15) is 13.2 Å². The second-order valence-electron chi connectivity index (χ2n) is 8.54. The lowest BCUT2D eigenvalue weighted by Crippen LogP contribution is -2.38. The Morgan fingerprint density at radius 3 is 2.48 bits per heavy atom. The molecule has 0 bridgehead atoms. The van der Waals surface area contributed by atoms with Gasteiger partial charge in [-0.15, -0.1) is 0 Å². The molecular weight excluding hydrogens is 436 g/mol. The predicted octanol–water partition coefficient (Wildman–Crippen LogP) is 3.81. The van der Waals surface area contributed by atoms with Crippen LogP contribution in [0.2, 0.25) is 0 Å². The second-order valence-corrected chi connectivity index (χ2v) is 10.5. The summed E-state index contributed by atoms with van der Waals surface area (Å²) in [6.45, 7) is 1.05. The second kappa shape index (κ2) is 10.3. The van der Waals surface area contributed by atoms with Crippen LogP contribution in [0.5, 0.6) is 0 Å². The van der Waals surface area contributed by atoms with Crippen molar-refractivity contribution in [1.29, 1.82) is 0 Å². The molecule has 1 fully saturated rings. The van der Waals surface area contributed by atoms with E-state index in [2.05, 4.69) is 10.4 Å². The smallest absolute Gasteiger partial charge is 0.251 e. The maximum Gasteiger partial charge on any atom is 0.251 e. The molecule has 7 nitrogen and oxygen atoms in total. The Hall–Kier alpha value is -2.97. The van der Waals surface area contributed by atoms with Crippen LogP contribution >= 0.6 is 0 Å². The number of hydrogen-bond acceptors (Lipinski definition) is 4. The summed E-state index contributed by atoms with van der Waals surface area (Å²) in [4.78, 5) is 12.8. The molecule has 3 aromatic rings. The number of nitrogens with zero attached hydrogens (tertiary/aromatic N) is 3. The van der Waals surface area contributed by atoms with Gasteiger partial charge in [-0.25, -0.2) is 8.42 Å². The average molecular weight is 467 g/mol. The number of rotatable bonds is 8. The van der Waals surface area contributed by atoms with Gasteiger partial charge in [-0.3, -0.25) is 9.48 Å². The van der Waals surface area contributed by atoms with Crippen molar-refractivity contribution >= 4 is 15.9 Å². The fourth-order valence-corrected chi connectivity index (χ4v) is 5.70. The first-order valence-electron chi connectivity index (χ1n) is 11.3. The minimum Gasteiger partial charge on any atom is -0.348 e. The Morgan fingerprint density at radius 1 is 1.06 bits per heavy atom. The van der Waals surface area contributed by atoms with E-state index in [0.29, 0.717) is 18.7 Å². The minimum atomic E-state index is -3.57. The summed E-state index contributed by atoms with van der Waals surface area (Å²) in [6.07, 6.45) is 8.76. The summed E-state index contributed by atoms with van der Waals surface area (Å²) in [5, 5.41) is 7.13. The van der Waals surface area contributed by atoms with Crippen molar-refractivity contribution in [2.75, 3.05) is 7.05 Å². The van der Waals surface area contributed by atoms with Crippen LogP contribution in [0.4, 0.5) is 0 Å². The van der Waals surface area contributed by atoms with Gasteiger partial charge in [0.25, 0.3) is 5.91 Å². The third-order valence-electron chi connectivity index (χ3n) is 6.23. The highest BCUT2D eigenvalue weighted by Gasteiger charge is 2.29. The van der Waals surface area contributed by atoms with Crippen LogP contribution < -0.4 is 5.32 Å². The Bertz CT molecular complexity index is 1170. The molecule has 174 valence electrons. The molecule has 1 aliphatic rings. The highest BCUT2D eigenvalue weighted by molar-refractivity contribution is 7.89. The molecule has 2 aromatic carbocycles. The van der Waals surface area contributed by atoms with E-state index in [1.165, 1.54) is 22.9 Å². The molecule has 0 saturated heterocycles. The molecule has 0 radical (unpaired) electrons. The first kappa shape index (κ1) is 23.2. The molecule has 1 N–H and O–H groups in total. The summed E-state index contributed by atoms with van der Waals surface area (Å²) in [5.74, 6) is -0.239. The molecule has 1 heterocycles. The van der Waals surface area contributed by atoms with Crippen LogP contribution in [-0.4, -0.2) is 41.5 Å². The van der Waals surface area contributed by atoms with Crippen LogP contribution in [0.1, 0.15) is 53.6 Å². The van der Waals surface area contributed by atoms with Crippen LogP contribution in [-0.2, 0) is 23.1 Å². The standard InChI is InChI=1S/C25H30N4O3S/c1-28(23-9-3-2-4-10-23)33(31,32)24-13-11-22(12-14-24)25(30)26-18-20-7-5-8-21(17-20)19-29-16-6-15-27-29/h5-8,11-17,23H,2-4,9-10,18-19H2,1H3,(H,26,30). The lowest BCUT2D eigenvalue weighted by molar-refractivity contribution is 0.0950. The van der Waals surface area contributed by atoms with Crippen molar-refractivity contribution in [2.45, 2.75) is 56.1 Å². The summed E-state index contributed by atoms with van der Waals surface area (Å²) >= 11 is 0. The zero-order valence-corrected chi connectivity index (χ0v) is 19.7. The summed E-state index contributed by atoms with van der Waals surface area (Å²) < 4.78 is 29.3. The van der Waals surface area contributed by atoms with Gasteiger partial charge in [0.05, 0.1) is 11.4 Å². The van der Waals surface area contributed by atoms with Crippen molar-refractivity contribution in [3.63, 3.8) is 0 Å². The lowest BCUT2D eigenvalue weighted by atomic mass is 9.96. The summed E-state index contributed by atoms with van der Waals surface area (Å²) in [7, 11) is -1.91. The first-order chi connectivity index (χ1) is 15.9. The van der Waals surface area contributed by atoms with Crippen molar-refractivity contribution in [3.05, 3.63) is 83.7 Å². The molecule has 0 unspecified atom stereocenters. The van der Waals surface area contributed by atoms with E-state index < -0.39 is 10.0 Å². The highest BCUT2D eigenvalue weighted by atomic mass is 32.2. The molecule has 8 heteroatoms. The topological polar surface area (TPSA) is 84.3 Å². The lowest BCUT2D eigenvalue weighted by Gasteiger charge is -2.30. The molecule has 1 aromatic heterocycles. The van der Waals surface area contributed by atoms with E-state index in [-0.39, 0.29) is 16.8 Å². The van der Waals surface area contributed by atoms with Gasteiger partial charge < -0.3 is 5.32 Å². The number of amides is 1. The highest BCUT2D eigenvalue weighted by Crippen LogP contribution is 2.26. The Balaban J connectivity index is 1.36. The summed E-state index contributed by atoms with van der Waals surface area (Å²) in [6, 6.07) is 16.1. The average Bonchev–Trinajstić information content (AvgIpc) is 3.36. The number of sulfonamides is 1. The van der Waals surface area contributed by atoms with E-state index >= 15 is 0 Å². The number of carbonyl (C=O) groups is 1. The Labute approximate surface area is 195 Å². The molecule has 33 heavy (non-hydrogen) atoms. The molecule has 0 atom stereocenters. The third kappa shape index (κ3) is 5.69. The van der Waals surface area contributed by atoms with Crippen LogP contribution in [0, 0.1) is 0 Å². The largest absolute Gasteiger partial charge is 0.348 e. The Kier molecular flexibility index (Phi) is 7.25. The predicted molar refractivity (Wildman–Crippen MR) is 127 cm³/mol. The Morgan fingerprint density at radius 2 is 1.79 bits per heavy atom. The van der Waals surface area contributed by atoms with E-state index in [0.717, 1.165) is 36.8 Å². The minimum absolute atomic E-state index is 0.0517. The van der Waals surface area contributed by atoms with Crippen molar-refractivity contribution in [2.24, 2.45) is 0 Å². The molecule has 1 amide bonds. The van der Waals surface area contributed by atoms with Gasteiger partial charge in [0.2, 0.25) is 10.0 Å². The zero-order chi connectivity index (χ0) is 23.3. The van der Waals surface area contributed by atoms with Crippen LogP contribution in [0.3, 0.4) is 0 Å². The fraction of sp³-hybridized carbons (Fsp3) is 0.360. The quantitative estimate of drug-likeness (QED) is 0.547. The van der Waals surface area contributed by atoms with Gasteiger partial charge in [0.1, 0.15) is 0 Å². The molecule has 4 rings (SSSR count). The number of benzene rings is 2. The van der Waals surface area contributed by atoms with Crippen molar-refractivity contribution in [1.82, 2.24) is 19.4 Å². The third-order valence-corrected chi connectivity index (χ3v) is 8.15. The number of aromatic nitrogens is 2. The van der Waals surface area contributed by atoms with Crippen molar-refractivity contribution < 1.29 is 13.2 Å². The van der Waals surface area contributed by atoms with Gasteiger partial charge in [0, 0.05) is 37.6 Å². The maximum atomic E-state index is 13.0. The summed E-state index contributed by atoms with van der Waals surface area (Å²) in [5.41, 5.74) is 2.52. The molecule has 0 aliphatic heterocycles. The van der Waals surface area contributed by atoms with Crippen LogP contribution in [0.15, 0.2) is 71.9 Å². The van der Waals surface area contributed by atoms with Crippen molar-refractivity contribution in [3.8, 4) is 0 Å². The van der Waals surface area contributed by atoms with Gasteiger partial charge in [-0.05, 0) is 54.3 Å². The molecule has 1 aliphatic carbocycles. The number of hydrogen-bond donors (Lipinski definition) is 1. The normalized spacial score (nSPS) is 15.0. The number of carbonyl (C=O) groups excluding carboxylic acids is 1. The fourth-order valence-electron chi connectivity index (χ4n) is 4.29. The van der Waals surface area contributed by atoms with Gasteiger partial charge in [-0.1, -0.05) is 43.5 Å². The van der Waals surface area contributed by atoms with E-state index in [4.69, 9.17) is 0 Å². The van der Waals surface area contributed by atoms with Crippen LogP contribution in [0.25, 0.3) is 0 Å². The molecule has 1 saturated carbocycles.